The summed E-state index contributed by atoms with van der Waals surface area (Å²) >= 11 is 0. The first kappa shape index (κ1) is 15.4. The molecule has 0 radical (unpaired) electrons. The number of carbonyl (C=O) groups excluding carboxylic acids is 2. The van der Waals surface area contributed by atoms with Gasteiger partial charge in [0.2, 0.25) is 11.8 Å². The fraction of sp³-hybridized carbons (Fsp3) is 0.467. The van der Waals surface area contributed by atoms with E-state index in [-0.39, 0.29) is 17.2 Å². The summed E-state index contributed by atoms with van der Waals surface area (Å²) in [6.45, 7) is 3.50. The van der Waals surface area contributed by atoms with Crippen LogP contribution in [0.3, 0.4) is 0 Å². The number of nitrogens with two attached hydrogens (primary N) is 1. The summed E-state index contributed by atoms with van der Waals surface area (Å²) in [5.74, 6) is -1.43. The van der Waals surface area contributed by atoms with Crippen molar-refractivity contribution in [3.8, 4) is 0 Å². The van der Waals surface area contributed by atoms with Crippen molar-refractivity contribution in [1.29, 1.82) is 0 Å². The molecule has 0 saturated carbocycles. The van der Waals surface area contributed by atoms with Gasteiger partial charge in [0.25, 0.3) is 0 Å². The highest BCUT2D eigenvalue weighted by atomic mass is 19.1. The van der Waals surface area contributed by atoms with E-state index in [9.17, 15) is 14.0 Å². The van der Waals surface area contributed by atoms with Crippen LogP contribution in [0.25, 0.3) is 0 Å². The van der Waals surface area contributed by atoms with Crippen molar-refractivity contribution in [1.82, 2.24) is 5.32 Å². The van der Waals surface area contributed by atoms with Gasteiger partial charge in [0.15, 0.2) is 0 Å². The number of rotatable bonds is 4. The average Bonchev–Trinajstić information content (AvgIpc) is 2.49. The van der Waals surface area contributed by atoms with Crippen LogP contribution in [0.5, 0.6) is 0 Å². The Hall–Kier alpha value is -1.95. The van der Waals surface area contributed by atoms with E-state index < -0.39 is 17.1 Å². The maximum Gasteiger partial charge on any atom is 0.248 e. The lowest BCUT2D eigenvalue weighted by Crippen LogP contribution is -2.44. The molecule has 1 saturated heterocycles. The van der Waals surface area contributed by atoms with E-state index in [0.717, 1.165) is 19.2 Å². The second-order valence-corrected chi connectivity index (χ2v) is 5.40. The number of primary amides is 1. The molecule has 0 bridgehead atoms. The van der Waals surface area contributed by atoms with Gasteiger partial charge in [-0.25, -0.2) is 4.39 Å². The smallest absolute Gasteiger partial charge is 0.248 e. The molecule has 0 unspecified atom stereocenters. The summed E-state index contributed by atoms with van der Waals surface area (Å²) in [7, 11) is 0. The lowest BCUT2D eigenvalue weighted by Gasteiger charge is -2.35. The lowest BCUT2D eigenvalue weighted by atomic mass is 9.76. The fourth-order valence-electron chi connectivity index (χ4n) is 2.68. The number of anilines is 1. The highest BCUT2D eigenvalue weighted by Crippen LogP contribution is 2.34. The van der Waals surface area contributed by atoms with Crippen molar-refractivity contribution < 1.29 is 14.0 Å². The number of benzene rings is 1. The summed E-state index contributed by atoms with van der Waals surface area (Å²) < 4.78 is 13.8. The SMILES string of the molecule is CCC1(C(=O)Nc2cc(C(N)=O)ccc2F)CCNCC1. The van der Waals surface area contributed by atoms with Crippen LogP contribution in [-0.2, 0) is 4.79 Å². The average molecular weight is 293 g/mol. The molecule has 1 aromatic carbocycles. The topological polar surface area (TPSA) is 84.2 Å². The second-order valence-electron chi connectivity index (χ2n) is 5.40. The first-order chi connectivity index (χ1) is 9.98. The molecule has 0 aromatic heterocycles. The first-order valence-corrected chi connectivity index (χ1v) is 7.10. The molecule has 2 rings (SSSR count). The van der Waals surface area contributed by atoms with Gasteiger partial charge in [-0.2, -0.15) is 0 Å². The van der Waals surface area contributed by atoms with Gasteiger partial charge in [0.05, 0.1) is 11.1 Å². The molecule has 1 aromatic rings. The zero-order valence-electron chi connectivity index (χ0n) is 12.0. The molecule has 1 aliphatic rings. The lowest BCUT2D eigenvalue weighted by molar-refractivity contribution is -0.127. The molecule has 0 spiro atoms. The predicted molar refractivity (Wildman–Crippen MR) is 78.4 cm³/mol. The zero-order valence-corrected chi connectivity index (χ0v) is 12.0. The van der Waals surface area contributed by atoms with E-state index in [1.807, 2.05) is 6.92 Å². The molecule has 0 aliphatic carbocycles. The zero-order chi connectivity index (χ0) is 15.5. The number of hydrogen-bond donors (Lipinski definition) is 3. The minimum absolute atomic E-state index is 0.00246. The Labute approximate surface area is 123 Å². The van der Waals surface area contributed by atoms with Crippen molar-refractivity contribution in [3.63, 3.8) is 0 Å². The van der Waals surface area contributed by atoms with Gasteiger partial charge in [-0.1, -0.05) is 6.92 Å². The number of amides is 2. The van der Waals surface area contributed by atoms with Crippen LogP contribution in [0.2, 0.25) is 0 Å². The molecule has 1 fully saturated rings. The molecule has 1 heterocycles. The van der Waals surface area contributed by atoms with Gasteiger partial charge in [0.1, 0.15) is 5.82 Å². The summed E-state index contributed by atoms with van der Waals surface area (Å²) in [6, 6.07) is 3.71. The van der Waals surface area contributed by atoms with Crippen LogP contribution in [0.1, 0.15) is 36.5 Å². The van der Waals surface area contributed by atoms with Crippen LogP contribution in [0, 0.1) is 11.2 Å². The Morgan fingerprint density at radius 2 is 2.05 bits per heavy atom. The Morgan fingerprint density at radius 1 is 1.38 bits per heavy atom. The highest BCUT2D eigenvalue weighted by Gasteiger charge is 2.38. The summed E-state index contributed by atoms with van der Waals surface area (Å²) in [5, 5.41) is 5.83. The van der Waals surface area contributed by atoms with Gasteiger partial charge >= 0.3 is 0 Å². The van der Waals surface area contributed by atoms with Crippen molar-refractivity contribution in [2.24, 2.45) is 11.1 Å². The largest absolute Gasteiger partial charge is 0.366 e. The first-order valence-electron chi connectivity index (χ1n) is 7.10. The van der Waals surface area contributed by atoms with Gasteiger partial charge in [-0.05, 0) is 50.6 Å². The molecular weight excluding hydrogens is 273 g/mol. The van der Waals surface area contributed by atoms with Gasteiger partial charge < -0.3 is 16.4 Å². The third-order valence-electron chi connectivity index (χ3n) is 4.22. The van der Waals surface area contributed by atoms with E-state index >= 15 is 0 Å². The Kier molecular flexibility index (Phi) is 4.57. The van der Waals surface area contributed by atoms with E-state index in [1.54, 1.807) is 0 Å². The van der Waals surface area contributed by atoms with Crippen LogP contribution < -0.4 is 16.4 Å². The van der Waals surface area contributed by atoms with Crippen LogP contribution >= 0.6 is 0 Å². The Balaban J connectivity index is 2.22. The molecule has 114 valence electrons. The maximum absolute atomic E-state index is 13.8. The molecule has 1 aliphatic heterocycles. The molecule has 21 heavy (non-hydrogen) atoms. The molecular formula is C15H20FN3O2. The van der Waals surface area contributed by atoms with Crippen LogP contribution in [0.15, 0.2) is 18.2 Å². The number of carbonyl (C=O) groups is 2. The molecule has 6 heteroatoms. The minimum Gasteiger partial charge on any atom is -0.366 e. The van der Waals surface area contributed by atoms with Crippen LogP contribution in [-0.4, -0.2) is 24.9 Å². The van der Waals surface area contributed by atoms with E-state index in [2.05, 4.69) is 10.6 Å². The standard InChI is InChI=1S/C15H20FN3O2/c1-2-15(5-7-18-8-6-15)14(21)19-12-9-10(13(17)20)3-4-11(12)16/h3-4,9,18H,2,5-8H2,1H3,(H2,17,20)(H,19,21). The normalized spacial score (nSPS) is 17.2. The third kappa shape index (κ3) is 3.21. The van der Waals surface area contributed by atoms with E-state index in [1.165, 1.54) is 12.1 Å². The summed E-state index contributed by atoms with van der Waals surface area (Å²) in [4.78, 5) is 23.7. The highest BCUT2D eigenvalue weighted by molar-refractivity contribution is 5.98. The number of halogens is 1. The quantitative estimate of drug-likeness (QED) is 0.789. The molecule has 2 amide bonds. The van der Waals surface area contributed by atoms with Gasteiger partial charge in [0, 0.05) is 5.56 Å². The van der Waals surface area contributed by atoms with Gasteiger partial charge in [-0.15, -0.1) is 0 Å². The van der Waals surface area contributed by atoms with Crippen LogP contribution in [0.4, 0.5) is 10.1 Å². The number of piperidine rings is 1. The Bertz CT molecular complexity index is 554. The third-order valence-corrected chi connectivity index (χ3v) is 4.22. The van der Waals surface area contributed by atoms with E-state index in [0.29, 0.717) is 19.3 Å². The van der Waals surface area contributed by atoms with E-state index in [4.69, 9.17) is 5.73 Å². The second kappa shape index (κ2) is 6.22. The fourth-order valence-corrected chi connectivity index (χ4v) is 2.68. The van der Waals surface area contributed by atoms with Crippen molar-refractivity contribution >= 4 is 17.5 Å². The number of hydrogen-bond acceptors (Lipinski definition) is 3. The predicted octanol–water partition coefficient (Wildman–Crippen LogP) is 1.64. The maximum atomic E-state index is 13.8. The molecule has 0 atom stereocenters. The monoisotopic (exact) mass is 293 g/mol. The van der Waals surface area contributed by atoms with Crippen molar-refractivity contribution in [3.05, 3.63) is 29.6 Å². The molecule has 4 N–H and O–H groups in total. The minimum atomic E-state index is -0.655. The number of nitrogens with one attached hydrogen (secondary N) is 2. The van der Waals surface area contributed by atoms with Crippen molar-refractivity contribution in [2.45, 2.75) is 26.2 Å². The molecule has 5 nitrogen and oxygen atoms in total. The Morgan fingerprint density at radius 3 is 2.62 bits per heavy atom. The summed E-state index contributed by atoms with van der Waals surface area (Å²) in [6.07, 6.45) is 2.12. The summed E-state index contributed by atoms with van der Waals surface area (Å²) in [5.41, 5.74) is 4.86. The van der Waals surface area contributed by atoms with Crippen molar-refractivity contribution in [2.75, 3.05) is 18.4 Å². The van der Waals surface area contributed by atoms with Gasteiger partial charge in [-0.3, -0.25) is 9.59 Å².